The van der Waals surface area contributed by atoms with Crippen molar-refractivity contribution in [3.63, 3.8) is 0 Å². The Hall–Kier alpha value is -2.74. The number of hydrogen-bond donors (Lipinski definition) is 1. The fourth-order valence-corrected chi connectivity index (χ4v) is 3.22. The highest BCUT2D eigenvalue weighted by molar-refractivity contribution is 8.00. The number of hydrogen-bond acceptors (Lipinski definition) is 7. The van der Waals surface area contributed by atoms with E-state index < -0.39 is 0 Å². The third kappa shape index (κ3) is 3.91. The van der Waals surface area contributed by atoms with Gasteiger partial charge in [-0.3, -0.25) is 4.79 Å². The number of nitrogens with one attached hydrogen (secondary N) is 1. The molecule has 1 N–H and O–H groups in total. The molecule has 136 valence electrons. The lowest BCUT2D eigenvalue weighted by atomic mass is 10.2. The zero-order valence-corrected chi connectivity index (χ0v) is 15.5. The molecule has 0 radical (unpaired) electrons. The van der Waals surface area contributed by atoms with Gasteiger partial charge in [-0.15, -0.1) is 0 Å². The summed E-state index contributed by atoms with van der Waals surface area (Å²) in [4.78, 5) is 21.2. The Morgan fingerprint density at radius 1 is 1.31 bits per heavy atom. The van der Waals surface area contributed by atoms with Gasteiger partial charge in [-0.05, 0) is 30.7 Å². The van der Waals surface area contributed by atoms with Gasteiger partial charge in [0.1, 0.15) is 11.5 Å². The normalized spacial score (nSPS) is 12.0. The van der Waals surface area contributed by atoms with E-state index in [2.05, 4.69) is 15.3 Å². The van der Waals surface area contributed by atoms with Crippen molar-refractivity contribution in [1.29, 1.82) is 0 Å². The molecule has 0 unspecified atom stereocenters. The largest absolute Gasteiger partial charge is 0.497 e. The summed E-state index contributed by atoms with van der Waals surface area (Å²) in [5.41, 5.74) is 1.68. The first-order valence-corrected chi connectivity index (χ1v) is 8.93. The molecule has 0 saturated heterocycles. The maximum Gasteiger partial charge on any atom is 0.259 e. The standard InChI is InChI=1S/C18H19N3O4S/c1-4-15(26-18-21-16-14(25-18)6-5-9-19-16)17(22)20-12-10-11(23-2)7-8-13(12)24-3/h5-10,15H,4H2,1-3H3,(H,20,22)/t15-/m0/s1. The number of benzene rings is 1. The van der Waals surface area contributed by atoms with E-state index in [-0.39, 0.29) is 11.2 Å². The Kier molecular flexibility index (Phi) is 5.62. The van der Waals surface area contributed by atoms with Crippen LogP contribution < -0.4 is 14.8 Å². The van der Waals surface area contributed by atoms with Crippen LogP contribution >= 0.6 is 11.8 Å². The first-order valence-electron chi connectivity index (χ1n) is 8.05. The van der Waals surface area contributed by atoms with Crippen LogP contribution in [0.1, 0.15) is 13.3 Å². The van der Waals surface area contributed by atoms with Crippen molar-refractivity contribution in [2.75, 3.05) is 19.5 Å². The molecule has 7 nitrogen and oxygen atoms in total. The van der Waals surface area contributed by atoms with Crippen LogP contribution in [-0.2, 0) is 4.79 Å². The van der Waals surface area contributed by atoms with Crippen LogP contribution in [-0.4, -0.2) is 35.3 Å². The Balaban J connectivity index is 1.76. The van der Waals surface area contributed by atoms with Gasteiger partial charge < -0.3 is 19.2 Å². The molecule has 0 bridgehead atoms. The molecule has 26 heavy (non-hydrogen) atoms. The molecule has 0 spiro atoms. The molecule has 8 heteroatoms. The number of anilines is 1. The van der Waals surface area contributed by atoms with Gasteiger partial charge in [-0.25, -0.2) is 4.98 Å². The summed E-state index contributed by atoms with van der Waals surface area (Å²) in [5.74, 6) is 1.02. The lowest BCUT2D eigenvalue weighted by Gasteiger charge is -2.15. The summed E-state index contributed by atoms with van der Waals surface area (Å²) in [6, 6.07) is 8.81. The summed E-state index contributed by atoms with van der Waals surface area (Å²) in [5, 5.41) is 2.93. The van der Waals surface area contributed by atoms with Gasteiger partial charge in [0.05, 0.1) is 25.2 Å². The number of carbonyl (C=O) groups excluding carboxylic acids is 1. The molecule has 0 aliphatic rings. The topological polar surface area (TPSA) is 86.5 Å². The van der Waals surface area contributed by atoms with Crippen molar-refractivity contribution >= 4 is 34.6 Å². The predicted octanol–water partition coefficient (Wildman–Crippen LogP) is 3.75. The maximum atomic E-state index is 12.7. The van der Waals surface area contributed by atoms with Gasteiger partial charge in [-0.2, -0.15) is 4.98 Å². The molecule has 2 aromatic heterocycles. The number of carbonyl (C=O) groups is 1. The lowest BCUT2D eigenvalue weighted by Crippen LogP contribution is -2.24. The highest BCUT2D eigenvalue weighted by atomic mass is 32.2. The number of fused-ring (bicyclic) bond motifs is 1. The smallest absolute Gasteiger partial charge is 0.259 e. The number of pyridine rings is 1. The number of nitrogens with zero attached hydrogens (tertiary/aromatic N) is 2. The Labute approximate surface area is 155 Å². The fourth-order valence-electron chi connectivity index (χ4n) is 2.37. The van der Waals surface area contributed by atoms with E-state index in [4.69, 9.17) is 13.9 Å². The number of ether oxygens (including phenoxy) is 2. The average molecular weight is 373 g/mol. The van der Waals surface area contributed by atoms with Gasteiger partial charge in [-0.1, -0.05) is 18.7 Å². The van der Waals surface area contributed by atoms with E-state index in [1.807, 2.05) is 6.92 Å². The number of aromatic nitrogens is 2. The van der Waals surface area contributed by atoms with Gasteiger partial charge in [0.15, 0.2) is 11.2 Å². The summed E-state index contributed by atoms with van der Waals surface area (Å²) in [7, 11) is 3.12. The summed E-state index contributed by atoms with van der Waals surface area (Å²) >= 11 is 1.26. The van der Waals surface area contributed by atoms with Crippen LogP contribution in [0.3, 0.4) is 0 Å². The molecule has 0 aliphatic carbocycles. The summed E-state index contributed by atoms with van der Waals surface area (Å²) < 4.78 is 16.2. The van der Waals surface area contributed by atoms with E-state index in [1.54, 1.807) is 50.7 Å². The molecule has 0 saturated carbocycles. The van der Waals surface area contributed by atoms with Crippen LogP contribution in [0.25, 0.3) is 11.2 Å². The SMILES string of the molecule is CC[C@H](Sc1nc2ncccc2o1)C(=O)Nc1cc(OC)ccc1OC. The summed E-state index contributed by atoms with van der Waals surface area (Å²) in [6.45, 7) is 1.93. The second-order valence-corrected chi connectivity index (χ2v) is 6.53. The van der Waals surface area contributed by atoms with Crippen LogP contribution in [0.4, 0.5) is 5.69 Å². The molecule has 1 atom stereocenters. The Bertz CT molecular complexity index is 879. The van der Waals surface area contributed by atoms with E-state index >= 15 is 0 Å². The van der Waals surface area contributed by atoms with Gasteiger partial charge in [0.25, 0.3) is 5.22 Å². The molecular weight excluding hydrogens is 354 g/mol. The van der Waals surface area contributed by atoms with Crippen molar-refractivity contribution in [3.8, 4) is 11.5 Å². The molecule has 0 aliphatic heterocycles. The molecule has 0 fully saturated rings. The zero-order valence-electron chi connectivity index (χ0n) is 14.7. The first kappa shape index (κ1) is 18.1. The number of oxazole rings is 1. The molecule has 1 amide bonds. The van der Waals surface area contributed by atoms with E-state index in [9.17, 15) is 4.79 Å². The Morgan fingerprint density at radius 3 is 2.85 bits per heavy atom. The number of rotatable bonds is 7. The van der Waals surface area contributed by atoms with Crippen molar-refractivity contribution in [2.24, 2.45) is 0 Å². The minimum atomic E-state index is -0.376. The number of amides is 1. The quantitative estimate of drug-likeness (QED) is 0.631. The van der Waals surface area contributed by atoms with Crippen molar-refractivity contribution in [1.82, 2.24) is 9.97 Å². The van der Waals surface area contributed by atoms with Gasteiger partial charge in [0, 0.05) is 12.3 Å². The van der Waals surface area contributed by atoms with Crippen molar-refractivity contribution in [3.05, 3.63) is 36.5 Å². The van der Waals surface area contributed by atoms with Crippen molar-refractivity contribution < 1.29 is 18.7 Å². The highest BCUT2D eigenvalue weighted by Gasteiger charge is 2.22. The lowest BCUT2D eigenvalue weighted by molar-refractivity contribution is -0.115. The second kappa shape index (κ2) is 8.09. The third-order valence-electron chi connectivity index (χ3n) is 3.72. The number of thioether (sulfide) groups is 1. The van der Waals surface area contributed by atoms with E-state index in [0.29, 0.717) is 40.1 Å². The van der Waals surface area contributed by atoms with Crippen molar-refractivity contribution in [2.45, 2.75) is 23.8 Å². The molecular formula is C18H19N3O4S. The van der Waals surface area contributed by atoms with Gasteiger partial charge in [0.2, 0.25) is 5.91 Å². The maximum absolute atomic E-state index is 12.7. The molecule has 3 rings (SSSR count). The predicted molar refractivity (Wildman–Crippen MR) is 99.9 cm³/mol. The average Bonchev–Trinajstić information content (AvgIpc) is 3.08. The minimum absolute atomic E-state index is 0.167. The fraction of sp³-hybridized carbons (Fsp3) is 0.278. The second-order valence-electron chi connectivity index (χ2n) is 5.38. The molecule has 3 aromatic rings. The van der Waals surface area contributed by atoms with E-state index in [0.717, 1.165) is 0 Å². The van der Waals surface area contributed by atoms with Crippen LogP contribution in [0.5, 0.6) is 11.5 Å². The minimum Gasteiger partial charge on any atom is -0.497 e. The highest BCUT2D eigenvalue weighted by Crippen LogP contribution is 2.32. The Morgan fingerprint density at radius 2 is 2.15 bits per heavy atom. The van der Waals surface area contributed by atoms with Crippen LogP contribution in [0.15, 0.2) is 46.2 Å². The summed E-state index contributed by atoms with van der Waals surface area (Å²) in [6.07, 6.45) is 2.26. The first-order chi connectivity index (χ1) is 12.6. The van der Waals surface area contributed by atoms with E-state index in [1.165, 1.54) is 11.8 Å². The molecule has 2 heterocycles. The third-order valence-corrected chi connectivity index (χ3v) is 4.92. The zero-order chi connectivity index (χ0) is 18.5. The monoisotopic (exact) mass is 373 g/mol. The molecule has 1 aromatic carbocycles. The number of methoxy groups -OCH3 is 2. The van der Waals surface area contributed by atoms with Crippen LogP contribution in [0.2, 0.25) is 0 Å². The van der Waals surface area contributed by atoms with Gasteiger partial charge >= 0.3 is 0 Å². The van der Waals surface area contributed by atoms with Crippen LogP contribution in [0, 0.1) is 0 Å².